The Balaban J connectivity index is 3.25. The van der Waals surface area contributed by atoms with Crippen LogP contribution in [0.2, 0.25) is 0 Å². The number of benzene rings is 1. The lowest BCUT2D eigenvalue weighted by Gasteiger charge is -2.15. The molecule has 0 aliphatic rings. The molecule has 84 valence electrons. The molecule has 0 aliphatic heterocycles. The Labute approximate surface area is 88.0 Å². The molecule has 2 N–H and O–H groups in total. The first-order valence-electron chi connectivity index (χ1n) is 4.76. The molecular weight excluding hydrogens is 200 g/mol. The van der Waals surface area contributed by atoms with Crippen molar-refractivity contribution in [2.45, 2.75) is 19.5 Å². The average molecular weight is 215 g/mol. The van der Waals surface area contributed by atoms with Crippen molar-refractivity contribution in [2.75, 3.05) is 13.7 Å². The molecule has 0 bridgehead atoms. The van der Waals surface area contributed by atoms with E-state index in [4.69, 9.17) is 10.5 Å². The first-order chi connectivity index (χ1) is 7.13. The minimum absolute atomic E-state index is 0.0547. The minimum Gasteiger partial charge on any atom is -0.493 e. The summed E-state index contributed by atoms with van der Waals surface area (Å²) in [7, 11) is 1.39. The lowest BCUT2D eigenvalue weighted by Crippen LogP contribution is -2.11. The Hall–Kier alpha value is -1.16. The molecular formula is C11H15F2NO. The average Bonchev–Trinajstić information content (AvgIpc) is 2.26. The highest BCUT2D eigenvalue weighted by Crippen LogP contribution is 2.30. The number of nitrogens with two attached hydrogens (primary N) is 1. The van der Waals surface area contributed by atoms with E-state index in [0.717, 1.165) is 6.07 Å². The molecule has 4 heteroatoms. The second-order valence-corrected chi connectivity index (χ2v) is 3.47. The second-order valence-electron chi connectivity index (χ2n) is 3.47. The molecule has 1 unspecified atom stereocenters. The van der Waals surface area contributed by atoms with Crippen LogP contribution in [0.25, 0.3) is 0 Å². The van der Waals surface area contributed by atoms with Crippen LogP contribution in [0.15, 0.2) is 12.1 Å². The molecule has 0 aromatic heterocycles. The summed E-state index contributed by atoms with van der Waals surface area (Å²) in [6, 6.07) is 2.74. The zero-order chi connectivity index (χ0) is 11.4. The zero-order valence-electron chi connectivity index (χ0n) is 8.89. The van der Waals surface area contributed by atoms with Gasteiger partial charge in [0.05, 0.1) is 7.11 Å². The van der Waals surface area contributed by atoms with Crippen molar-refractivity contribution in [3.63, 3.8) is 0 Å². The van der Waals surface area contributed by atoms with Gasteiger partial charge in [0.2, 0.25) is 0 Å². The van der Waals surface area contributed by atoms with Crippen LogP contribution in [0.1, 0.15) is 24.0 Å². The van der Waals surface area contributed by atoms with E-state index in [-0.39, 0.29) is 11.7 Å². The lowest BCUT2D eigenvalue weighted by molar-refractivity contribution is 0.377. The van der Waals surface area contributed by atoms with E-state index in [1.165, 1.54) is 7.11 Å². The highest BCUT2D eigenvalue weighted by Gasteiger charge is 2.15. The number of rotatable bonds is 4. The summed E-state index contributed by atoms with van der Waals surface area (Å²) in [6.45, 7) is 1.52. The summed E-state index contributed by atoms with van der Waals surface area (Å²) in [5.41, 5.74) is 6.42. The molecule has 1 rings (SSSR count). The number of hydrogen-bond acceptors (Lipinski definition) is 2. The van der Waals surface area contributed by atoms with Crippen LogP contribution in [0, 0.1) is 5.82 Å². The molecule has 0 saturated carbocycles. The molecule has 0 fully saturated rings. The first kappa shape index (κ1) is 11.9. The maximum atomic E-state index is 13.5. The Morgan fingerprint density at radius 1 is 1.47 bits per heavy atom. The highest BCUT2D eigenvalue weighted by molar-refractivity contribution is 5.41. The molecule has 1 aromatic carbocycles. The normalized spacial score (nSPS) is 12.6. The van der Waals surface area contributed by atoms with Crippen LogP contribution in [-0.2, 0) is 6.67 Å². The maximum absolute atomic E-state index is 13.5. The largest absolute Gasteiger partial charge is 0.493 e. The van der Waals surface area contributed by atoms with Gasteiger partial charge in [-0.05, 0) is 30.2 Å². The summed E-state index contributed by atoms with van der Waals surface area (Å²) in [4.78, 5) is 0. The summed E-state index contributed by atoms with van der Waals surface area (Å²) in [5, 5.41) is 0. The second kappa shape index (κ2) is 5.07. The predicted octanol–water partition coefficient (Wildman–Crippen LogP) is 2.37. The molecule has 0 amide bonds. The lowest BCUT2D eigenvalue weighted by atomic mass is 9.98. The van der Waals surface area contributed by atoms with E-state index in [0.29, 0.717) is 17.7 Å². The predicted molar refractivity (Wildman–Crippen MR) is 55.2 cm³/mol. The summed E-state index contributed by atoms with van der Waals surface area (Å²) in [6.07, 6.45) is 0. The van der Waals surface area contributed by atoms with E-state index in [9.17, 15) is 8.78 Å². The van der Waals surface area contributed by atoms with E-state index in [2.05, 4.69) is 0 Å². The topological polar surface area (TPSA) is 35.2 Å². The third kappa shape index (κ3) is 2.45. The third-order valence-corrected chi connectivity index (χ3v) is 2.38. The standard InChI is InChI=1S/C11H15F2NO/c1-7(6-14)9-3-8(5-12)4-10(13)11(9)15-2/h3-4,7H,5-6,14H2,1-2H3. The van der Waals surface area contributed by atoms with Gasteiger partial charge < -0.3 is 10.5 Å². The van der Waals surface area contributed by atoms with Crippen LogP contribution in [0.3, 0.4) is 0 Å². The number of ether oxygens (including phenoxy) is 1. The Morgan fingerprint density at radius 3 is 2.60 bits per heavy atom. The molecule has 0 aliphatic carbocycles. The Bertz CT molecular complexity index is 342. The Kier molecular flexibility index (Phi) is 4.03. The van der Waals surface area contributed by atoms with Crippen molar-refractivity contribution in [1.82, 2.24) is 0 Å². The highest BCUT2D eigenvalue weighted by atomic mass is 19.1. The van der Waals surface area contributed by atoms with Crippen molar-refractivity contribution in [3.05, 3.63) is 29.1 Å². The summed E-state index contributed by atoms with van der Waals surface area (Å²) in [5.74, 6) is -0.436. The third-order valence-electron chi connectivity index (χ3n) is 2.38. The molecule has 0 saturated heterocycles. The van der Waals surface area contributed by atoms with Crippen molar-refractivity contribution >= 4 is 0 Å². The monoisotopic (exact) mass is 215 g/mol. The van der Waals surface area contributed by atoms with Crippen molar-refractivity contribution in [3.8, 4) is 5.75 Å². The van der Waals surface area contributed by atoms with Crippen molar-refractivity contribution in [2.24, 2.45) is 5.73 Å². The zero-order valence-corrected chi connectivity index (χ0v) is 8.89. The van der Waals surface area contributed by atoms with Gasteiger partial charge in [0.1, 0.15) is 6.67 Å². The molecule has 1 aromatic rings. The quantitative estimate of drug-likeness (QED) is 0.836. The van der Waals surface area contributed by atoms with Gasteiger partial charge in [-0.1, -0.05) is 6.92 Å². The summed E-state index contributed by atoms with van der Waals surface area (Å²) < 4.78 is 30.9. The molecule has 2 nitrogen and oxygen atoms in total. The first-order valence-corrected chi connectivity index (χ1v) is 4.76. The SMILES string of the molecule is COc1c(F)cc(CF)cc1C(C)CN. The van der Waals surface area contributed by atoms with Crippen LogP contribution in [0.5, 0.6) is 5.75 Å². The van der Waals surface area contributed by atoms with Crippen LogP contribution < -0.4 is 10.5 Å². The maximum Gasteiger partial charge on any atom is 0.165 e. The van der Waals surface area contributed by atoms with Crippen LogP contribution >= 0.6 is 0 Å². The minimum atomic E-state index is -0.689. The van der Waals surface area contributed by atoms with Crippen LogP contribution in [-0.4, -0.2) is 13.7 Å². The van der Waals surface area contributed by atoms with Gasteiger partial charge >= 0.3 is 0 Å². The van der Waals surface area contributed by atoms with Gasteiger partial charge in [-0.3, -0.25) is 0 Å². The van der Waals surface area contributed by atoms with E-state index in [1.807, 2.05) is 6.92 Å². The fourth-order valence-corrected chi connectivity index (χ4v) is 1.46. The molecule has 1 atom stereocenters. The van der Waals surface area contributed by atoms with Crippen molar-refractivity contribution < 1.29 is 13.5 Å². The fourth-order valence-electron chi connectivity index (χ4n) is 1.46. The van der Waals surface area contributed by atoms with Gasteiger partial charge in [0.25, 0.3) is 0 Å². The molecule has 0 spiro atoms. The Morgan fingerprint density at radius 2 is 2.13 bits per heavy atom. The van der Waals surface area contributed by atoms with Gasteiger partial charge in [-0.15, -0.1) is 0 Å². The van der Waals surface area contributed by atoms with Gasteiger partial charge in [-0.25, -0.2) is 8.78 Å². The van der Waals surface area contributed by atoms with Gasteiger partial charge in [-0.2, -0.15) is 0 Å². The number of alkyl halides is 1. The molecule has 15 heavy (non-hydrogen) atoms. The smallest absolute Gasteiger partial charge is 0.165 e. The van der Waals surface area contributed by atoms with Crippen LogP contribution in [0.4, 0.5) is 8.78 Å². The van der Waals surface area contributed by atoms with E-state index < -0.39 is 12.5 Å². The molecule has 0 radical (unpaired) electrons. The van der Waals surface area contributed by atoms with Gasteiger partial charge in [0.15, 0.2) is 11.6 Å². The van der Waals surface area contributed by atoms with E-state index >= 15 is 0 Å². The fraction of sp³-hybridized carbons (Fsp3) is 0.455. The number of hydrogen-bond donors (Lipinski definition) is 1. The van der Waals surface area contributed by atoms with Crippen molar-refractivity contribution in [1.29, 1.82) is 0 Å². The number of methoxy groups -OCH3 is 1. The van der Waals surface area contributed by atoms with Gasteiger partial charge in [0, 0.05) is 5.56 Å². The number of halogens is 2. The molecule has 0 heterocycles. The van der Waals surface area contributed by atoms with E-state index in [1.54, 1.807) is 6.07 Å². The summed E-state index contributed by atoms with van der Waals surface area (Å²) >= 11 is 0.